The van der Waals surface area contributed by atoms with Crippen LogP contribution in [0.4, 0.5) is 24.1 Å². The molecule has 2 aromatic heterocycles. The van der Waals surface area contributed by atoms with E-state index in [1.165, 1.54) is 30.0 Å². The molecule has 2 heterocycles. The minimum atomic E-state index is -4.75. The second-order valence-electron chi connectivity index (χ2n) is 5.16. The molecule has 1 aromatic carbocycles. The summed E-state index contributed by atoms with van der Waals surface area (Å²) < 4.78 is 41.4. The summed E-state index contributed by atoms with van der Waals surface area (Å²) in [5, 5.41) is 23.2. The van der Waals surface area contributed by atoms with Gasteiger partial charge in [0.15, 0.2) is 0 Å². The number of aromatic nitrogens is 4. The second-order valence-corrected chi connectivity index (χ2v) is 6.13. The lowest BCUT2D eigenvalue weighted by atomic mass is 10.2. The first kappa shape index (κ1) is 19.2. The number of imidazole rings is 1. The first-order valence-electron chi connectivity index (χ1n) is 7.38. The molecule has 0 saturated carbocycles. The summed E-state index contributed by atoms with van der Waals surface area (Å²) in [7, 11) is 1.49. The zero-order chi connectivity index (χ0) is 20.3. The second kappa shape index (κ2) is 7.59. The van der Waals surface area contributed by atoms with Crippen LogP contribution in [0, 0.1) is 10.1 Å². The molecule has 3 aromatic rings. The molecule has 0 aliphatic rings. The molecule has 1 N–H and O–H groups in total. The summed E-state index contributed by atoms with van der Waals surface area (Å²) in [4.78, 5) is 14.2. The number of nitrogens with zero attached hydrogens (tertiary/aromatic N) is 6. The molecule has 0 radical (unpaired) electrons. The fourth-order valence-corrected chi connectivity index (χ4v) is 2.77. The molecule has 14 heteroatoms. The predicted octanol–water partition coefficient (Wildman–Crippen LogP) is 3.19. The summed E-state index contributed by atoms with van der Waals surface area (Å²) in [6.45, 7) is 0. The lowest BCUT2D eigenvalue weighted by Gasteiger charge is -2.08. The number of benzene rings is 1. The molecular formula is C14H10F3N7O3S. The van der Waals surface area contributed by atoms with Gasteiger partial charge in [0, 0.05) is 0 Å². The van der Waals surface area contributed by atoms with Crippen LogP contribution in [0.25, 0.3) is 10.8 Å². The quantitative estimate of drug-likeness (QED) is 0.374. The Morgan fingerprint density at radius 2 is 2.04 bits per heavy atom. The maximum absolute atomic E-state index is 12.1. The lowest BCUT2D eigenvalue weighted by molar-refractivity contribution is -0.391. The summed E-state index contributed by atoms with van der Waals surface area (Å²) in [6.07, 6.45) is -2.27. The Labute approximate surface area is 158 Å². The Hall–Kier alpha value is -3.55. The number of anilines is 1. The standard InChI is InChI=1S/C14H10F3N7O3S/c1-23-10(24(25)26)7-18-11(23)12-20-22-13(28-12)21-19-6-8-2-4-9(5-3-8)27-14(15,16)17/h2-7H,1H3,(H,21,22)/b19-6+. The average molecular weight is 413 g/mol. The largest absolute Gasteiger partial charge is 0.573 e. The van der Waals surface area contributed by atoms with Gasteiger partial charge in [0.25, 0.3) is 5.82 Å². The summed E-state index contributed by atoms with van der Waals surface area (Å²) >= 11 is 1.07. The van der Waals surface area contributed by atoms with E-state index < -0.39 is 11.3 Å². The number of hydrogen-bond donors (Lipinski definition) is 1. The number of nitro groups is 1. The van der Waals surface area contributed by atoms with Crippen LogP contribution in [-0.4, -0.2) is 37.2 Å². The third kappa shape index (κ3) is 4.59. The number of ether oxygens (including phenoxy) is 1. The molecule has 28 heavy (non-hydrogen) atoms. The molecule has 0 atom stereocenters. The normalized spacial score (nSPS) is 11.7. The van der Waals surface area contributed by atoms with Crippen molar-refractivity contribution in [3.05, 3.63) is 46.1 Å². The van der Waals surface area contributed by atoms with Crippen LogP contribution < -0.4 is 10.2 Å². The highest BCUT2D eigenvalue weighted by molar-refractivity contribution is 7.18. The van der Waals surface area contributed by atoms with Gasteiger partial charge in [-0.15, -0.1) is 23.4 Å². The van der Waals surface area contributed by atoms with Gasteiger partial charge in [0.05, 0.1) is 13.3 Å². The Kier molecular flexibility index (Phi) is 5.21. The number of hydrogen-bond acceptors (Lipinski definition) is 9. The maximum atomic E-state index is 12.1. The van der Waals surface area contributed by atoms with E-state index in [-0.39, 0.29) is 17.4 Å². The Bertz CT molecular complexity index is 1010. The van der Waals surface area contributed by atoms with E-state index in [2.05, 4.69) is 30.4 Å². The van der Waals surface area contributed by atoms with Crippen molar-refractivity contribution in [3.8, 4) is 16.6 Å². The number of nitrogens with one attached hydrogen (secondary N) is 1. The molecule has 3 rings (SSSR count). The van der Waals surface area contributed by atoms with Crippen molar-refractivity contribution in [2.75, 3.05) is 5.43 Å². The number of hydrazone groups is 1. The average Bonchev–Trinajstić information content (AvgIpc) is 3.21. The van der Waals surface area contributed by atoms with Gasteiger partial charge in [0.1, 0.15) is 11.9 Å². The van der Waals surface area contributed by atoms with Gasteiger partial charge in [-0.05, 0) is 34.8 Å². The highest BCUT2D eigenvalue weighted by atomic mass is 32.1. The first-order chi connectivity index (χ1) is 13.2. The highest BCUT2D eigenvalue weighted by Crippen LogP contribution is 2.27. The van der Waals surface area contributed by atoms with Crippen molar-refractivity contribution >= 4 is 28.5 Å². The zero-order valence-electron chi connectivity index (χ0n) is 13.9. The molecule has 0 amide bonds. The first-order valence-corrected chi connectivity index (χ1v) is 8.19. The molecular weight excluding hydrogens is 403 g/mol. The minimum Gasteiger partial charge on any atom is -0.406 e. The number of alkyl halides is 3. The topological polar surface area (TPSA) is 120 Å². The third-order valence-electron chi connectivity index (χ3n) is 3.25. The van der Waals surface area contributed by atoms with Gasteiger partial charge in [-0.25, -0.2) is 9.55 Å². The molecule has 0 saturated heterocycles. The smallest absolute Gasteiger partial charge is 0.406 e. The van der Waals surface area contributed by atoms with Crippen LogP contribution in [0.5, 0.6) is 5.75 Å². The van der Waals surface area contributed by atoms with E-state index in [1.54, 1.807) is 0 Å². The highest BCUT2D eigenvalue weighted by Gasteiger charge is 2.30. The van der Waals surface area contributed by atoms with Crippen molar-refractivity contribution in [2.24, 2.45) is 12.1 Å². The molecule has 0 spiro atoms. The fraction of sp³-hybridized carbons (Fsp3) is 0.143. The van der Waals surface area contributed by atoms with E-state index in [1.807, 2.05) is 0 Å². The summed E-state index contributed by atoms with van der Waals surface area (Å²) in [5.74, 6) is -0.243. The molecule has 0 aliphatic heterocycles. The fourth-order valence-electron chi connectivity index (χ4n) is 2.05. The molecule has 0 fully saturated rings. The van der Waals surface area contributed by atoms with E-state index in [4.69, 9.17) is 0 Å². The van der Waals surface area contributed by atoms with Crippen LogP contribution in [0.3, 0.4) is 0 Å². The van der Waals surface area contributed by atoms with Gasteiger partial charge in [-0.2, -0.15) is 5.10 Å². The van der Waals surface area contributed by atoms with Gasteiger partial charge in [-0.3, -0.25) is 5.43 Å². The molecule has 0 bridgehead atoms. The van der Waals surface area contributed by atoms with Crippen molar-refractivity contribution in [1.29, 1.82) is 0 Å². The Morgan fingerprint density at radius 1 is 1.32 bits per heavy atom. The number of rotatable bonds is 6. The van der Waals surface area contributed by atoms with Crippen LogP contribution in [-0.2, 0) is 7.05 Å². The summed E-state index contributed by atoms with van der Waals surface area (Å²) in [5.41, 5.74) is 3.14. The van der Waals surface area contributed by atoms with Gasteiger partial charge in [-0.1, -0.05) is 11.3 Å². The van der Waals surface area contributed by atoms with Gasteiger partial charge >= 0.3 is 12.2 Å². The van der Waals surface area contributed by atoms with Crippen LogP contribution >= 0.6 is 11.3 Å². The zero-order valence-corrected chi connectivity index (χ0v) is 14.7. The van der Waals surface area contributed by atoms with Crippen molar-refractivity contribution in [1.82, 2.24) is 19.7 Å². The Morgan fingerprint density at radius 3 is 2.64 bits per heavy atom. The van der Waals surface area contributed by atoms with Crippen molar-refractivity contribution in [3.63, 3.8) is 0 Å². The van der Waals surface area contributed by atoms with E-state index >= 15 is 0 Å². The number of halogens is 3. The molecule has 10 nitrogen and oxygen atoms in total. The van der Waals surface area contributed by atoms with Crippen molar-refractivity contribution in [2.45, 2.75) is 6.36 Å². The van der Waals surface area contributed by atoms with Gasteiger partial charge in [0.2, 0.25) is 10.1 Å². The van der Waals surface area contributed by atoms with Crippen LogP contribution in [0.2, 0.25) is 0 Å². The summed E-state index contributed by atoms with van der Waals surface area (Å²) in [6, 6.07) is 5.10. The van der Waals surface area contributed by atoms with E-state index in [9.17, 15) is 23.3 Å². The van der Waals surface area contributed by atoms with Crippen molar-refractivity contribution < 1.29 is 22.8 Å². The van der Waals surface area contributed by atoms with E-state index in [0.717, 1.165) is 29.7 Å². The predicted molar refractivity (Wildman–Crippen MR) is 93.1 cm³/mol. The Balaban J connectivity index is 1.64. The third-order valence-corrected chi connectivity index (χ3v) is 4.08. The molecule has 0 unspecified atom stereocenters. The van der Waals surface area contributed by atoms with Crippen LogP contribution in [0.1, 0.15) is 5.56 Å². The van der Waals surface area contributed by atoms with Crippen LogP contribution in [0.15, 0.2) is 35.6 Å². The van der Waals surface area contributed by atoms with Gasteiger partial charge < -0.3 is 14.9 Å². The monoisotopic (exact) mass is 413 g/mol. The molecule has 146 valence electrons. The molecule has 0 aliphatic carbocycles. The SMILES string of the molecule is Cn1c([N+](=O)[O-])cnc1-c1nnc(N/N=C/c2ccc(OC(F)(F)F)cc2)s1. The lowest BCUT2D eigenvalue weighted by Crippen LogP contribution is -2.17. The minimum absolute atomic E-state index is 0.185. The van der Waals surface area contributed by atoms with E-state index in [0.29, 0.717) is 15.7 Å². The maximum Gasteiger partial charge on any atom is 0.573 e.